The van der Waals surface area contributed by atoms with Crippen LogP contribution >= 0.6 is 0 Å². The molecule has 0 aromatic heterocycles. The van der Waals surface area contributed by atoms with Crippen LogP contribution in [0.4, 0.5) is 4.79 Å². The second-order valence-corrected chi connectivity index (χ2v) is 7.66. The van der Waals surface area contributed by atoms with Crippen molar-refractivity contribution in [3.63, 3.8) is 0 Å². The number of benzene rings is 1. The third-order valence-corrected chi connectivity index (χ3v) is 4.02. The first-order valence-corrected chi connectivity index (χ1v) is 9.19. The minimum absolute atomic E-state index is 0.339. The minimum Gasteiger partial charge on any atom is -0.444 e. The fourth-order valence-corrected chi connectivity index (χ4v) is 2.60. The molecular weight excluding hydrogens is 314 g/mol. The number of ether oxygens (including phenoxy) is 2. The van der Waals surface area contributed by atoms with Gasteiger partial charge in [-0.25, -0.2) is 4.79 Å². The lowest BCUT2D eigenvalue weighted by atomic mass is 10.2. The summed E-state index contributed by atoms with van der Waals surface area (Å²) in [5, 5.41) is 2.78. The summed E-state index contributed by atoms with van der Waals surface area (Å²) in [5.74, 6) is 1.33. The summed E-state index contributed by atoms with van der Waals surface area (Å²) in [5.41, 5.74) is 0.792. The molecule has 138 valence electrons. The van der Waals surface area contributed by atoms with E-state index in [-0.39, 0.29) is 6.09 Å². The van der Waals surface area contributed by atoms with Crippen LogP contribution < -0.4 is 5.32 Å². The van der Waals surface area contributed by atoms with Gasteiger partial charge in [0.25, 0.3) is 0 Å². The highest BCUT2D eigenvalue weighted by Crippen LogP contribution is 2.40. The van der Waals surface area contributed by atoms with Gasteiger partial charge >= 0.3 is 6.09 Å². The topological polar surface area (TPSA) is 47.6 Å². The second kappa shape index (κ2) is 9.62. The Hall–Kier alpha value is -1.81. The van der Waals surface area contributed by atoms with Crippen molar-refractivity contribution < 1.29 is 14.3 Å². The Morgan fingerprint density at radius 2 is 2.04 bits per heavy atom. The first kappa shape index (κ1) is 19.5. The van der Waals surface area contributed by atoms with Gasteiger partial charge in [-0.2, -0.15) is 0 Å². The Morgan fingerprint density at radius 3 is 2.76 bits per heavy atom. The maximum absolute atomic E-state index is 11.5. The predicted octanol–water partition coefficient (Wildman–Crippen LogP) is 4.70. The van der Waals surface area contributed by atoms with E-state index in [2.05, 4.69) is 29.6 Å². The van der Waals surface area contributed by atoms with E-state index in [9.17, 15) is 4.79 Å². The number of allylic oxidation sites excluding steroid dienone is 2. The molecule has 0 spiro atoms. The SMILES string of the molecule is CC(C)(C)OC(=O)NCCC/C=C/C1CC1COCc1ccccc1. The van der Waals surface area contributed by atoms with Gasteiger partial charge in [0.05, 0.1) is 13.2 Å². The fraction of sp³-hybridized carbons (Fsp3) is 0.571. The number of hydrogen-bond donors (Lipinski definition) is 1. The summed E-state index contributed by atoms with van der Waals surface area (Å²) >= 11 is 0. The average Bonchev–Trinajstić information content (AvgIpc) is 3.28. The number of hydrogen-bond acceptors (Lipinski definition) is 3. The molecule has 1 aromatic rings. The van der Waals surface area contributed by atoms with Gasteiger partial charge < -0.3 is 14.8 Å². The molecule has 0 bridgehead atoms. The van der Waals surface area contributed by atoms with Crippen molar-refractivity contribution in [2.24, 2.45) is 11.8 Å². The molecule has 0 radical (unpaired) electrons. The van der Waals surface area contributed by atoms with E-state index in [1.807, 2.05) is 39.0 Å². The van der Waals surface area contributed by atoms with E-state index in [1.165, 1.54) is 12.0 Å². The Bertz CT molecular complexity index is 548. The van der Waals surface area contributed by atoms with Crippen molar-refractivity contribution in [2.75, 3.05) is 13.2 Å². The van der Waals surface area contributed by atoms with Crippen molar-refractivity contribution in [1.29, 1.82) is 0 Å². The predicted molar refractivity (Wildman–Crippen MR) is 100 cm³/mol. The van der Waals surface area contributed by atoms with Crippen LogP contribution in [-0.4, -0.2) is 24.8 Å². The summed E-state index contributed by atoms with van der Waals surface area (Å²) in [4.78, 5) is 11.5. The van der Waals surface area contributed by atoms with E-state index in [0.29, 0.717) is 25.0 Å². The third-order valence-electron chi connectivity index (χ3n) is 4.02. The zero-order valence-corrected chi connectivity index (χ0v) is 15.7. The molecule has 4 nitrogen and oxygen atoms in total. The lowest BCUT2D eigenvalue weighted by molar-refractivity contribution is 0.0527. The summed E-state index contributed by atoms with van der Waals surface area (Å²) in [6.45, 7) is 7.78. The molecule has 25 heavy (non-hydrogen) atoms. The van der Waals surface area contributed by atoms with Gasteiger partial charge in [0.15, 0.2) is 0 Å². The van der Waals surface area contributed by atoms with Crippen LogP contribution in [-0.2, 0) is 16.1 Å². The lowest BCUT2D eigenvalue weighted by Crippen LogP contribution is -2.32. The van der Waals surface area contributed by atoms with Crippen LogP contribution in [0.5, 0.6) is 0 Å². The normalized spacial score (nSPS) is 19.8. The smallest absolute Gasteiger partial charge is 0.407 e. The van der Waals surface area contributed by atoms with Crippen molar-refractivity contribution in [2.45, 2.75) is 52.2 Å². The van der Waals surface area contributed by atoms with Gasteiger partial charge in [-0.1, -0.05) is 42.5 Å². The number of rotatable bonds is 9. The number of unbranched alkanes of at least 4 members (excludes halogenated alkanes) is 1. The van der Waals surface area contributed by atoms with Crippen LogP contribution in [0.15, 0.2) is 42.5 Å². The molecule has 1 aliphatic rings. The molecule has 4 heteroatoms. The van der Waals surface area contributed by atoms with Gasteiger partial charge in [-0.05, 0) is 57.4 Å². The Labute approximate surface area is 151 Å². The minimum atomic E-state index is -0.437. The van der Waals surface area contributed by atoms with Crippen molar-refractivity contribution >= 4 is 6.09 Å². The molecule has 1 N–H and O–H groups in total. The molecule has 0 saturated heterocycles. The van der Waals surface area contributed by atoms with Gasteiger partial charge in [0, 0.05) is 6.54 Å². The first-order valence-electron chi connectivity index (χ1n) is 9.19. The fourth-order valence-electron chi connectivity index (χ4n) is 2.60. The molecule has 1 fully saturated rings. The number of carbonyl (C=O) groups is 1. The van der Waals surface area contributed by atoms with Gasteiger partial charge in [-0.15, -0.1) is 0 Å². The molecule has 1 amide bonds. The van der Waals surface area contributed by atoms with Crippen molar-refractivity contribution in [3.8, 4) is 0 Å². The zero-order chi connectivity index (χ0) is 18.1. The monoisotopic (exact) mass is 345 g/mol. The second-order valence-electron chi connectivity index (χ2n) is 7.66. The maximum atomic E-state index is 11.5. The first-order chi connectivity index (χ1) is 11.9. The van der Waals surface area contributed by atoms with Gasteiger partial charge in [-0.3, -0.25) is 0 Å². The Kier molecular flexibility index (Phi) is 7.51. The van der Waals surface area contributed by atoms with Crippen molar-refractivity contribution in [3.05, 3.63) is 48.0 Å². The zero-order valence-electron chi connectivity index (χ0n) is 15.7. The number of alkyl carbamates (subject to hydrolysis) is 1. The van der Waals surface area contributed by atoms with E-state index in [1.54, 1.807) is 0 Å². The van der Waals surface area contributed by atoms with E-state index in [0.717, 1.165) is 19.4 Å². The highest BCUT2D eigenvalue weighted by Gasteiger charge is 2.34. The Balaban J connectivity index is 1.46. The molecule has 2 unspecified atom stereocenters. The summed E-state index contributed by atoms with van der Waals surface area (Å²) in [6, 6.07) is 10.3. The quantitative estimate of drug-likeness (QED) is 0.521. The van der Waals surface area contributed by atoms with Gasteiger partial charge in [0.2, 0.25) is 0 Å². The van der Waals surface area contributed by atoms with Crippen LogP contribution in [0.1, 0.15) is 45.6 Å². The molecule has 0 aliphatic heterocycles. The molecule has 1 aromatic carbocycles. The molecule has 1 saturated carbocycles. The van der Waals surface area contributed by atoms with Crippen LogP contribution in [0, 0.1) is 11.8 Å². The standard InChI is InChI=1S/C21H31NO3/c1-21(2,3)25-20(23)22-13-9-5-8-12-18-14-19(18)16-24-15-17-10-6-4-7-11-17/h4,6-8,10-12,18-19H,5,9,13-16H2,1-3H3,(H,22,23)/b12-8+. The molecule has 2 atom stereocenters. The maximum Gasteiger partial charge on any atom is 0.407 e. The summed E-state index contributed by atoms with van der Waals surface area (Å²) < 4.78 is 11.0. The summed E-state index contributed by atoms with van der Waals surface area (Å²) in [7, 11) is 0. The highest BCUT2D eigenvalue weighted by molar-refractivity contribution is 5.67. The highest BCUT2D eigenvalue weighted by atomic mass is 16.6. The largest absolute Gasteiger partial charge is 0.444 e. The average molecular weight is 345 g/mol. The van der Waals surface area contributed by atoms with Crippen LogP contribution in [0.25, 0.3) is 0 Å². The molecular formula is C21H31NO3. The van der Waals surface area contributed by atoms with Crippen molar-refractivity contribution in [1.82, 2.24) is 5.32 Å². The lowest BCUT2D eigenvalue weighted by Gasteiger charge is -2.19. The molecule has 1 aliphatic carbocycles. The number of nitrogens with one attached hydrogen (secondary N) is 1. The number of carbonyl (C=O) groups excluding carboxylic acids is 1. The van der Waals surface area contributed by atoms with E-state index in [4.69, 9.17) is 9.47 Å². The van der Waals surface area contributed by atoms with E-state index < -0.39 is 5.60 Å². The molecule has 2 rings (SSSR count). The summed E-state index contributed by atoms with van der Waals surface area (Å²) in [6.07, 6.45) is 7.31. The van der Waals surface area contributed by atoms with E-state index >= 15 is 0 Å². The van der Waals surface area contributed by atoms with Crippen LogP contribution in [0.2, 0.25) is 0 Å². The number of amides is 1. The third kappa shape index (κ3) is 8.73. The Morgan fingerprint density at radius 1 is 1.28 bits per heavy atom. The molecule has 0 heterocycles. The van der Waals surface area contributed by atoms with Crippen LogP contribution in [0.3, 0.4) is 0 Å². The van der Waals surface area contributed by atoms with Gasteiger partial charge in [0.1, 0.15) is 5.60 Å².